The Morgan fingerprint density at radius 1 is 1.08 bits per heavy atom. The van der Waals surface area contributed by atoms with Crippen molar-refractivity contribution in [2.24, 2.45) is 5.14 Å². The van der Waals surface area contributed by atoms with E-state index in [2.05, 4.69) is 5.14 Å². The first-order valence-electron chi connectivity index (χ1n) is 1.97. The minimum absolute atomic E-state index is 0. The molecular formula is C2H4BeF5NO2S. The number of nitrogens with two attached hydrogens (primary N) is 1. The summed E-state index contributed by atoms with van der Waals surface area (Å²) < 4.78 is 75.8. The quantitative estimate of drug-likeness (QED) is 0.499. The zero-order valence-electron chi connectivity index (χ0n) is 7.40. The number of sulfonamides is 1. The molecule has 0 saturated carbocycles. The molecule has 2 N–H and O–H groups in total. The summed E-state index contributed by atoms with van der Waals surface area (Å²) >= 11 is 0. The van der Waals surface area contributed by atoms with Crippen molar-refractivity contribution >= 4 is 20.1 Å². The van der Waals surface area contributed by atoms with Crippen LogP contribution in [0.15, 0.2) is 0 Å². The Bertz CT molecular complexity index is 253. The first-order valence-corrected chi connectivity index (χ1v) is 3.51. The number of primary sulfonamides is 1. The molecule has 12 heavy (non-hydrogen) atoms. The molecule has 0 unspecified atom stereocenters. The van der Waals surface area contributed by atoms with Gasteiger partial charge in [0.15, 0.2) is 0 Å². The van der Waals surface area contributed by atoms with E-state index in [1.54, 1.807) is 0 Å². The Morgan fingerprint density at radius 3 is 1.33 bits per heavy atom. The van der Waals surface area contributed by atoms with Crippen molar-refractivity contribution in [2.75, 3.05) is 0 Å². The number of hydrogen-bond acceptors (Lipinski definition) is 2. The molecule has 0 rings (SSSR count). The van der Waals surface area contributed by atoms with Crippen molar-refractivity contribution in [3.8, 4) is 0 Å². The second-order valence-corrected chi connectivity index (χ2v) is 3.16. The zero-order chi connectivity index (χ0) is 9.50. The predicted molar refractivity (Wildman–Crippen MR) is 32.1 cm³/mol. The van der Waals surface area contributed by atoms with Gasteiger partial charge in [-0.1, -0.05) is 0 Å². The Kier molecular flexibility index (Phi) is 3.84. The molecule has 0 aliphatic rings. The van der Waals surface area contributed by atoms with E-state index in [9.17, 15) is 30.4 Å². The number of halogens is 5. The van der Waals surface area contributed by atoms with Gasteiger partial charge in [0, 0.05) is 0 Å². The van der Waals surface area contributed by atoms with Crippen LogP contribution in [0, 0.1) is 0 Å². The van der Waals surface area contributed by atoms with Gasteiger partial charge in [-0.15, -0.1) is 0 Å². The molecule has 0 spiro atoms. The molecule has 0 aromatic heterocycles. The fourth-order valence-corrected chi connectivity index (χ4v) is 0.484. The molecule has 0 fully saturated rings. The standard InChI is InChI=1S/C2H2F5NO2S.Be.2H/c3-1(4,5)2(6,7)11(8,9)10;;;/h(H2,8,9,10);;;/q;+2;2*-1. The summed E-state index contributed by atoms with van der Waals surface area (Å²) in [6, 6.07) is 0. The number of rotatable bonds is 1. The first kappa shape index (κ1) is 14.3. The Morgan fingerprint density at radius 2 is 1.33 bits per heavy atom. The largest absolute Gasteiger partial charge is 2.00 e. The zero-order valence-corrected chi connectivity index (χ0v) is 6.22. The maximum Gasteiger partial charge on any atom is 2.00 e. The van der Waals surface area contributed by atoms with Crippen molar-refractivity contribution in [2.45, 2.75) is 11.4 Å². The van der Waals surface area contributed by atoms with Crippen molar-refractivity contribution in [3.63, 3.8) is 0 Å². The van der Waals surface area contributed by atoms with Gasteiger partial charge in [0.05, 0.1) is 0 Å². The van der Waals surface area contributed by atoms with Crippen LogP contribution in [0.4, 0.5) is 22.0 Å². The van der Waals surface area contributed by atoms with E-state index in [0.717, 1.165) is 0 Å². The first-order chi connectivity index (χ1) is 4.50. The summed E-state index contributed by atoms with van der Waals surface area (Å²) in [5.41, 5.74) is 0. The predicted octanol–water partition coefficient (Wildman–Crippen LogP) is 0.274. The van der Waals surface area contributed by atoms with Gasteiger partial charge < -0.3 is 2.85 Å². The molecule has 0 aliphatic carbocycles. The van der Waals surface area contributed by atoms with Crippen LogP contribution < -0.4 is 5.14 Å². The van der Waals surface area contributed by atoms with Gasteiger partial charge in [0.1, 0.15) is 0 Å². The van der Waals surface area contributed by atoms with Crippen LogP contribution in [0.3, 0.4) is 0 Å². The molecule has 0 heterocycles. The average molecular weight is 210 g/mol. The molecule has 0 aromatic carbocycles. The summed E-state index contributed by atoms with van der Waals surface area (Å²) in [5, 5.41) is -2.27. The minimum atomic E-state index is -6.17. The molecule has 0 aliphatic heterocycles. The van der Waals surface area contributed by atoms with Crippen LogP contribution in [-0.2, 0) is 10.0 Å². The maximum atomic E-state index is 11.6. The fraction of sp³-hybridized carbons (Fsp3) is 1.00. The van der Waals surface area contributed by atoms with E-state index in [1.165, 1.54) is 0 Å². The van der Waals surface area contributed by atoms with E-state index in [4.69, 9.17) is 0 Å². The molecule has 0 amide bonds. The smallest absolute Gasteiger partial charge is 1.00 e. The fourth-order valence-electron chi connectivity index (χ4n) is 0.161. The van der Waals surface area contributed by atoms with E-state index in [1.807, 2.05) is 0 Å². The molecule has 10 heteroatoms. The van der Waals surface area contributed by atoms with Crippen molar-refractivity contribution < 1.29 is 33.2 Å². The Labute approximate surface area is 71.0 Å². The summed E-state index contributed by atoms with van der Waals surface area (Å²) in [6.07, 6.45) is -6.17. The van der Waals surface area contributed by atoms with E-state index >= 15 is 0 Å². The molecule has 0 atom stereocenters. The van der Waals surface area contributed by atoms with Crippen LogP contribution in [-0.4, -0.2) is 30.0 Å². The molecule has 72 valence electrons. The van der Waals surface area contributed by atoms with Gasteiger partial charge in [-0.05, 0) is 0 Å². The van der Waals surface area contributed by atoms with E-state index in [0.29, 0.717) is 0 Å². The van der Waals surface area contributed by atoms with Crippen molar-refractivity contribution in [1.82, 2.24) is 0 Å². The molecule has 0 saturated heterocycles. The van der Waals surface area contributed by atoms with Gasteiger partial charge in [-0.25, -0.2) is 13.6 Å². The molecular weight excluding hydrogens is 206 g/mol. The topological polar surface area (TPSA) is 60.2 Å². The van der Waals surface area contributed by atoms with E-state index < -0.39 is 21.5 Å². The average Bonchev–Trinajstić information content (AvgIpc) is 1.58. The second-order valence-electron chi connectivity index (χ2n) is 1.56. The summed E-state index contributed by atoms with van der Waals surface area (Å²) in [4.78, 5) is 0. The molecule has 3 nitrogen and oxygen atoms in total. The van der Waals surface area contributed by atoms with Gasteiger partial charge in [-0.3, -0.25) is 0 Å². The van der Waals surface area contributed by atoms with Crippen LogP contribution in [0.25, 0.3) is 0 Å². The Balaban J connectivity index is -0.000000167. The molecule has 0 bridgehead atoms. The molecule has 0 radical (unpaired) electrons. The second kappa shape index (κ2) is 3.23. The van der Waals surface area contributed by atoms with Gasteiger partial charge in [0.25, 0.3) is 10.0 Å². The monoisotopic (exact) mass is 210 g/mol. The summed E-state index contributed by atoms with van der Waals surface area (Å²) in [5.74, 6) is 0. The van der Waals surface area contributed by atoms with Gasteiger partial charge in [0.2, 0.25) is 0 Å². The SMILES string of the molecule is NS(=O)(=O)C(F)(F)C(F)(F)F.[Be+2].[H-].[H-]. The van der Waals surface area contributed by atoms with Crippen molar-refractivity contribution in [3.05, 3.63) is 0 Å². The van der Waals surface area contributed by atoms with Crippen LogP contribution in [0.2, 0.25) is 0 Å². The maximum absolute atomic E-state index is 11.6. The van der Waals surface area contributed by atoms with Crippen LogP contribution in [0.5, 0.6) is 0 Å². The Hall–Kier alpha value is -0.271. The third kappa shape index (κ3) is 2.36. The normalized spacial score (nSPS) is 13.8. The van der Waals surface area contributed by atoms with Crippen LogP contribution in [0.1, 0.15) is 2.85 Å². The summed E-state index contributed by atoms with van der Waals surface area (Å²) in [6.45, 7) is 0. The number of hydrogen-bond donors (Lipinski definition) is 1. The minimum Gasteiger partial charge on any atom is -1.00 e. The van der Waals surface area contributed by atoms with Gasteiger partial charge >= 0.3 is 21.6 Å². The van der Waals surface area contributed by atoms with E-state index in [-0.39, 0.29) is 13.0 Å². The van der Waals surface area contributed by atoms with Gasteiger partial charge in [-0.2, -0.15) is 22.0 Å². The van der Waals surface area contributed by atoms with Crippen LogP contribution >= 0.6 is 0 Å². The van der Waals surface area contributed by atoms with Crippen molar-refractivity contribution in [1.29, 1.82) is 0 Å². The third-order valence-electron chi connectivity index (χ3n) is 0.687. The molecule has 0 aromatic rings. The number of alkyl halides is 5. The summed E-state index contributed by atoms with van der Waals surface area (Å²) in [7, 11) is -5.92. The third-order valence-corrected chi connectivity index (χ3v) is 1.63.